The molecule has 0 aliphatic carbocycles. The molecule has 2 amide bonds. The van der Waals surface area contributed by atoms with Crippen LogP contribution >= 0.6 is 0 Å². The Labute approximate surface area is 217 Å². The summed E-state index contributed by atoms with van der Waals surface area (Å²) < 4.78 is 5.48. The number of rotatable bonds is 0. The van der Waals surface area contributed by atoms with Crippen molar-refractivity contribution in [3.05, 3.63) is 20.2 Å². The Morgan fingerprint density at radius 1 is 1.00 bits per heavy atom. The molecular weight excluding hydrogens is 964 g/mol. The van der Waals surface area contributed by atoms with Crippen molar-refractivity contribution in [1.29, 1.82) is 0 Å². The van der Waals surface area contributed by atoms with E-state index in [2.05, 4.69) is 5.32 Å². The van der Waals surface area contributed by atoms with Crippen molar-refractivity contribution in [2.75, 3.05) is 0 Å². The van der Waals surface area contributed by atoms with Crippen LogP contribution in [-0.2, 0) is 56.8 Å². The molecule has 3 aliphatic heterocycles. The summed E-state index contributed by atoms with van der Waals surface area (Å²) in [5.74, 6) is -0.957. The van der Waals surface area contributed by atoms with Crippen LogP contribution in [0.4, 0.5) is 0 Å². The van der Waals surface area contributed by atoms with E-state index in [1.165, 1.54) is 0 Å². The average Bonchev–Trinajstić information content (AvgIpc) is 2.64. The summed E-state index contributed by atoms with van der Waals surface area (Å²) in [6.45, 7) is 0. The first-order valence-corrected chi connectivity index (χ1v) is 4.22. The first kappa shape index (κ1) is 33.2. The van der Waals surface area contributed by atoms with Gasteiger partial charge < -0.3 is 34.5 Å². The molecule has 0 aromatic rings. The van der Waals surface area contributed by atoms with Gasteiger partial charge in [0.1, 0.15) is 0 Å². The van der Waals surface area contributed by atoms with Gasteiger partial charge in [-0.05, 0) is 12.8 Å². The quantitative estimate of drug-likeness (QED) is 0.212. The van der Waals surface area contributed by atoms with Crippen LogP contribution in [0.25, 0.3) is 5.32 Å². The molecule has 0 spiro atoms. The van der Waals surface area contributed by atoms with Crippen molar-refractivity contribution in [3.8, 4) is 0 Å². The van der Waals surface area contributed by atoms with Gasteiger partial charge in [-0.1, -0.05) is 0 Å². The average molecular weight is 979 g/mol. The summed E-state index contributed by atoms with van der Waals surface area (Å²) >= 11 is 0. The Hall–Kier alpha value is 2.58. The van der Waals surface area contributed by atoms with E-state index in [-0.39, 0.29) is 190 Å². The van der Waals surface area contributed by atoms with Gasteiger partial charge in [0.25, 0.3) is 0 Å². The number of fused-ring (bicyclic) bond motifs is 5. The third-order valence-electron chi connectivity index (χ3n) is 3.06. The summed E-state index contributed by atoms with van der Waals surface area (Å²) in [5.41, 5.74) is 0. The van der Waals surface area contributed by atoms with Crippen LogP contribution in [0, 0.1) is 65.3 Å². The van der Waals surface area contributed by atoms with Crippen LogP contribution in [0.1, 0.15) is 12.8 Å². The maximum Gasteiger partial charge on any atom is 1.00 e. The van der Waals surface area contributed by atoms with Crippen molar-refractivity contribution < 1.29 is 154 Å². The van der Waals surface area contributed by atoms with E-state index < -0.39 is 0 Å². The van der Waals surface area contributed by atoms with Crippen LogP contribution in [-0.4, -0.2) is 24.0 Å². The van der Waals surface area contributed by atoms with Gasteiger partial charge in [0.2, 0.25) is 0 Å². The monoisotopic (exact) mass is 977 g/mol. The van der Waals surface area contributed by atoms with E-state index in [1.807, 2.05) is 0 Å². The normalized spacial score (nSPS) is 31.4. The molecule has 0 aromatic heterocycles. The summed E-state index contributed by atoms with van der Waals surface area (Å²) in [6.07, 6.45) is 1.81. The zero-order chi connectivity index (χ0) is 8.29. The Balaban J connectivity index is -0.0000000933. The van der Waals surface area contributed by atoms with Crippen LogP contribution in [0.3, 0.4) is 0 Å². The second-order valence-electron chi connectivity index (χ2n) is 3.63. The van der Waals surface area contributed by atoms with Crippen LogP contribution in [0.2, 0.25) is 0 Å². The Bertz CT molecular complexity index is 278. The van der Waals surface area contributed by atoms with E-state index in [0.29, 0.717) is 0 Å². The van der Waals surface area contributed by atoms with Gasteiger partial charge in [-0.25, -0.2) is 0 Å². The fourth-order valence-corrected chi connectivity index (χ4v) is 2.56. The Morgan fingerprint density at radius 2 is 1.32 bits per heavy atom. The molecule has 3 heterocycles. The molecular formula is C10H14NNoO3RbTaTbTc-2. The topological polar surface area (TPSA) is 57.5 Å². The molecule has 3 radical (unpaired) electrons. The Kier molecular flexibility index (Phi) is 22.9. The molecule has 19 heavy (non-hydrogen) atoms. The molecule has 2 bridgehead atoms. The summed E-state index contributed by atoms with van der Waals surface area (Å²) in [5, 5.41) is 3.46. The largest absolute Gasteiger partial charge is 1.00 e. The molecule has 4 unspecified atom stereocenters. The zero-order valence-corrected chi connectivity index (χ0v) is 25.2. The Morgan fingerprint density at radius 3 is 1.63 bits per heavy atom. The third-order valence-corrected chi connectivity index (χ3v) is 3.06. The first-order valence-electron chi connectivity index (χ1n) is 4.22. The molecule has 3 saturated heterocycles. The number of imide groups is 1. The maximum atomic E-state index is 11.2. The number of ether oxygens (including phenoxy) is 1. The number of carbonyl (C=O) groups is 2. The van der Waals surface area contributed by atoms with Crippen molar-refractivity contribution in [1.82, 2.24) is 0 Å². The number of hydrogen-bond acceptors (Lipinski definition) is 3. The van der Waals surface area contributed by atoms with Crippen LogP contribution in [0.5, 0.6) is 0 Å². The first-order chi connectivity index (χ1) is 5.77. The molecule has 3 rings (SSSR count). The third kappa shape index (κ3) is 5.61. The van der Waals surface area contributed by atoms with Gasteiger partial charge in [-0.2, -0.15) is 0 Å². The van der Waals surface area contributed by atoms with Crippen LogP contribution in [0.15, 0.2) is 0 Å². The van der Waals surface area contributed by atoms with E-state index in [1.54, 1.807) is 0 Å². The molecule has 0 aromatic carbocycles. The van der Waals surface area contributed by atoms with Gasteiger partial charge in [0.15, 0.2) is 0 Å². The van der Waals surface area contributed by atoms with E-state index >= 15 is 0 Å². The standard InChI is InChI=1S/C8H9NO3.2CH3.No.Rb.Ta.Tb.Tc/c10-7-5-3-1-2-4(12-3)6(5)8(11)9-7;;;;;;;/h3-6H,1-2H2,(H,9,10,11);2*1H3;;;;;/q;2*-1;;+1;;;/p-1. The summed E-state index contributed by atoms with van der Waals surface area (Å²) in [6, 6.07) is 0. The number of carbonyl (C=O) groups excluding carboxylic acids is 2. The minimum Gasteiger partial charge on any atom is -0.595 e. The van der Waals surface area contributed by atoms with Crippen molar-refractivity contribution in [2.45, 2.75) is 25.0 Å². The second-order valence-corrected chi connectivity index (χ2v) is 3.63. The maximum absolute atomic E-state index is 11.2. The van der Waals surface area contributed by atoms with Gasteiger partial charge in [0, 0.05) is 92.9 Å². The molecule has 4 atom stereocenters. The van der Waals surface area contributed by atoms with Gasteiger partial charge in [-0.15, -0.1) is 0 Å². The van der Waals surface area contributed by atoms with Gasteiger partial charge >= 0.3 is 58.2 Å². The molecule has 0 saturated carbocycles. The predicted molar refractivity (Wildman–Crippen MR) is 51.1 cm³/mol. The molecule has 115 valence electrons. The van der Waals surface area contributed by atoms with Crippen molar-refractivity contribution in [2.24, 2.45) is 11.8 Å². The molecule has 3 aliphatic rings. The molecule has 3 fully saturated rings. The number of nitrogens with zero attached hydrogens (tertiary/aromatic N) is 1. The van der Waals surface area contributed by atoms with Crippen LogP contribution < -0.4 is 58.2 Å². The number of hydrogen-bond donors (Lipinski definition) is 0. The van der Waals surface area contributed by atoms with Crippen molar-refractivity contribution in [3.63, 3.8) is 0 Å². The molecule has 4 nitrogen and oxygen atoms in total. The zero-order valence-electron chi connectivity index (χ0n) is 10.8. The van der Waals surface area contributed by atoms with Gasteiger partial charge in [-0.3, -0.25) is 0 Å². The number of amides is 2. The summed E-state index contributed by atoms with van der Waals surface area (Å²) in [4.78, 5) is 22.4. The second kappa shape index (κ2) is 13.1. The fourth-order valence-electron chi connectivity index (χ4n) is 2.56. The minimum atomic E-state index is -0.253. The smallest absolute Gasteiger partial charge is 0.595 e. The molecule has 0 N–H and O–H groups in total. The fraction of sp³-hybridized carbons (Fsp3) is 0.600. The predicted octanol–water partition coefficient (Wildman–Crippen LogP) is -1.88. The molecule has 9 heteroatoms. The minimum absolute atomic E-state index is 0. The SMILES string of the molecule is O=C1[N-]C(=O)C2C3CCC(O3)C12.[CH3-].[CH3-].[No].[Rb+].[Ta].[Tb].[Tc]. The van der Waals surface area contributed by atoms with E-state index in [9.17, 15) is 9.59 Å². The van der Waals surface area contributed by atoms with Crippen molar-refractivity contribution >= 4 is 11.8 Å². The van der Waals surface area contributed by atoms with E-state index in [4.69, 9.17) is 4.74 Å². The van der Waals surface area contributed by atoms with E-state index in [0.717, 1.165) is 12.8 Å². The summed E-state index contributed by atoms with van der Waals surface area (Å²) in [7, 11) is 0. The van der Waals surface area contributed by atoms with Gasteiger partial charge in [0.05, 0.1) is 24.0 Å².